The van der Waals surface area contributed by atoms with E-state index in [2.05, 4.69) is 43.8 Å². The van der Waals surface area contributed by atoms with Crippen LogP contribution in [0.4, 0.5) is 4.79 Å². The monoisotopic (exact) mass is 354 g/mol. The molecule has 1 saturated heterocycles. The summed E-state index contributed by atoms with van der Waals surface area (Å²) in [7, 11) is 0. The lowest BCUT2D eigenvalue weighted by molar-refractivity contribution is 0.231. The minimum Gasteiger partial charge on any atom is -0.334 e. The average Bonchev–Trinajstić information content (AvgIpc) is 3.32. The van der Waals surface area contributed by atoms with Gasteiger partial charge >= 0.3 is 6.03 Å². The van der Waals surface area contributed by atoms with Gasteiger partial charge in [0.05, 0.1) is 12.6 Å². The van der Waals surface area contributed by atoms with Gasteiger partial charge in [-0.1, -0.05) is 24.3 Å². The highest BCUT2D eigenvalue weighted by Gasteiger charge is 2.21. The van der Waals surface area contributed by atoms with E-state index in [0.29, 0.717) is 13.1 Å². The third-order valence-corrected chi connectivity index (χ3v) is 5.29. The molecule has 0 spiro atoms. The first-order valence-corrected chi connectivity index (χ1v) is 9.48. The largest absolute Gasteiger partial charge is 0.334 e. The summed E-state index contributed by atoms with van der Waals surface area (Å²) in [5.74, 6) is 0.999. The molecule has 2 N–H and O–H groups in total. The topological polar surface area (TPSA) is 75.1 Å². The first-order chi connectivity index (χ1) is 12.8. The number of nitrogens with zero attached hydrogens (tertiary/aromatic N) is 4. The molecule has 1 unspecified atom stereocenters. The maximum absolute atomic E-state index is 12.3. The molecule has 0 saturated carbocycles. The third-order valence-electron chi connectivity index (χ3n) is 5.29. The van der Waals surface area contributed by atoms with Crippen LogP contribution in [0, 0.1) is 0 Å². The molecule has 4 rings (SSSR count). The number of fused-ring (bicyclic) bond motifs is 1. The van der Waals surface area contributed by atoms with Gasteiger partial charge in [-0.15, -0.1) is 0 Å². The zero-order valence-corrected chi connectivity index (χ0v) is 15.0. The summed E-state index contributed by atoms with van der Waals surface area (Å²) in [4.78, 5) is 19.0. The van der Waals surface area contributed by atoms with Crippen LogP contribution in [0.2, 0.25) is 0 Å². The average molecular weight is 354 g/mol. The highest BCUT2D eigenvalue weighted by molar-refractivity contribution is 5.74. The van der Waals surface area contributed by atoms with Crippen LogP contribution in [0.3, 0.4) is 0 Å². The van der Waals surface area contributed by atoms with Gasteiger partial charge < -0.3 is 10.6 Å². The van der Waals surface area contributed by atoms with Crippen molar-refractivity contribution in [3.63, 3.8) is 0 Å². The zero-order chi connectivity index (χ0) is 17.8. The summed E-state index contributed by atoms with van der Waals surface area (Å²) in [5.41, 5.74) is 2.50. The second kappa shape index (κ2) is 7.86. The lowest BCUT2D eigenvalue weighted by Crippen LogP contribution is -2.45. The van der Waals surface area contributed by atoms with Gasteiger partial charge in [0.2, 0.25) is 0 Å². The third kappa shape index (κ3) is 4.04. The molecule has 138 valence electrons. The number of nitrogens with one attached hydrogen (secondary N) is 2. The molecular weight excluding hydrogens is 328 g/mol. The van der Waals surface area contributed by atoms with Crippen LogP contribution in [0.15, 0.2) is 30.6 Å². The van der Waals surface area contributed by atoms with Gasteiger partial charge in [0.1, 0.15) is 12.2 Å². The van der Waals surface area contributed by atoms with Crippen LogP contribution in [-0.4, -0.2) is 44.8 Å². The molecular formula is C19H26N6O. The van der Waals surface area contributed by atoms with Crippen LogP contribution < -0.4 is 10.6 Å². The van der Waals surface area contributed by atoms with E-state index in [0.717, 1.165) is 25.2 Å². The lowest BCUT2D eigenvalue weighted by atomic mass is 10.1. The minimum absolute atomic E-state index is 0.101. The second-order valence-electron chi connectivity index (χ2n) is 7.17. The Labute approximate surface area is 153 Å². The molecule has 2 amide bonds. The number of likely N-dealkylation sites (tertiary alicyclic amines) is 1. The molecule has 2 aliphatic rings. The van der Waals surface area contributed by atoms with Crippen molar-refractivity contribution in [1.82, 2.24) is 30.3 Å². The lowest BCUT2D eigenvalue weighted by Gasteiger charge is -2.24. The number of aromatic nitrogens is 3. The Morgan fingerprint density at radius 3 is 2.85 bits per heavy atom. The zero-order valence-electron chi connectivity index (χ0n) is 15.0. The molecule has 26 heavy (non-hydrogen) atoms. The molecule has 1 aromatic carbocycles. The van der Waals surface area contributed by atoms with Crippen LogP contribution in [0.25, 0.3) is 0 Å². The summed E-state index contributed by atoms with van der Waals surface area (Å²) < 4.78 is 1.87. The molecule has 1 atom stereocenters. The summed E-state index contributed by atoms with van der Waals surface area (Å²) in [6.45, 7) is 4.56. The van der Waals surface area contributed by atoms with E-state index < -0.39 is 0 Å². The number of aryl methyl sites for hydroxylation is 1. The molecule has 2 aromatic rings. The highest BCUT2D eigenvalue weighted by Crippen LogP contribution is 2.16. The van der Waals surface area contributed by atoms with Crippen LogP contribution in [0.1, 0.15) is 36.2 Å². The van der Waals surface area contributed by atoms with E-state index in [-0.39, 0.29) is 12.1 Å². The summed E-state index contributed by atoms with van der Waals surface area (Å²) >= 11 is 0. The van der Waals surface area contributed by atoms with Crippen molar-refractivity contribution in [2.45, 2.75) is 51.4 Å². The maximum atomic E-state index is 12.3. The number of benzene rings is 1. The van der Waals surface area contributed by atoms with Gasteiger partial charge in [-0.05, 0) is 43.5 Å². The van der Waals surface area contributed by atoms with Crippen molar-refractivity contribution in [2.75, 3.05) is 13.1 Å². The highest BCUT2D eigenvalue weighted by atomic mass is 16.2. The van der Waals surface area contributed by atoms with E-state index >= 15 is 0 Å². The summed E-state index contributed by atoms with van der Waals surface area (Å²) in [6.07, 6.45) is 5.91. The van der Waals surface area contributed by atoms with Crippen LogP contribution >= 0.6 is 0 Å². The van der Waals surface area contributed by atoms with E-state index in [1.165, 1.54) is 37.1 Å². The van der Waals surface area contributed by atoms with Crippen molar-refractivity contribution in [1.29, 1.82) is 0 Å². The van der Waals surface area contributed by atoms with E-state index in [1.54, 1.807) is 6.33 Å². The number of amides is 2. The number of hydrogen-bond donors (Lipinski definition) is 2. The molecule has 0 bridgehead atoms. The molecule has 0 aliphatic carbocycles. The smallest absolute Gasteiger partial charge is 0.315 e. The maximum Gasteiger partial charge on any atom is 0.315 e. The van der Waals surface area contributed by atoms with Crippen molar-refractivity contribution < 1.29 is 4.79 Å². The predicted octanol–water partition coefficient (Wildman–Crippen LogP) is 1.69. The molecule has 7 heteroatoms. The van der Waals surface area contributed by atoms with E-state index in [9.17, 15) is 4.79 Å². The Morgan fingerprint density at radius 2 is 2.00 bits per heavy atom. The second-order valence-corrected chi connectivity index (χ2v) is 7.17. The van der Waals surface area contributed by atoms with Crippen molar-refractivity contribution in [2.24, 2.45) is 0 Å². The number of carbonyl (C=O) groups excluding carboxylic acids is 1. The fourth-order valence-electron chi connectivity index (χ4n) is 3.83. The summed E-state index contributed by atoms with van der Waals surface area (Å²) in [6, 6.07) is 8.37. The Hall–Kier alpha value is -2.41. The first-order valence-electron chi connectivity index (χ1n) is 9.48. The van der Waals surface area contributed by atoms with Gasteiger partial charge in [-0.25, -0.2) is 14.5 Å². The predicted molar refractivity (Wildman–Crippen MR) is 98.5 cm³/mol. The molecule has 3 heterocycles. The quantitative estimate of drug-likeness (QED) is 0.857. The number of hydrogen-bond acceptors (Lipinski definition) is 4. The van der Waals surface area contributed by atoms with Gasteiger partial charge in [0.15, 0.2) is 0 Å². The Morgan fingerprint density at radius 1 is 1.19 bits per heavy atom. The SMILES string of the molecule is O=C(NCc1ccccc1CN1CCCC1)NC1CCc2ncnn2C1. The number of urea groups is 1. The molecule has 1 fully saturated rings. The van der Waals surface area contributed by atoms with Gasteiger partial charge in [0, 0.05) is 19.5 Å². The first kappa shape index (κ1) is 17.0. The van der Waals surface area contributed by atoms with Gasteiger partial charge in [0.25, 0.3) is 0 Å². The molecule has 1 aromatic heterocycles. The van der Waals surface area contributed by atoms with Gasteiger partial charge in [-0.2, -0.15) is 5.10 Å². The van der Waals surface area contributed by atoms with Crippen LogP contribution in [0.5, 0.6) is 0 Å². The number of rotatable bonds is 5. The Balaban J connectivity index is 1.29. The van der Waals surface area contributed by atoms with E-state index in [1.807, 2.05) is 10.7 Å². The molecule has 7 nitrogen and oxygen atoms in total. The van der Waals surface area contributed by atoms with Crippen LogP contribution in [-0.2, 0) is 26.1 Å². The van der Waals surface area contributed by atoms with Crippen molar-refractivity contribution in [3.05, 3.63) is 47.5 Å². The number of carbonyl (C=O) groups is 1. The molecule has 0 radical (unpaired) electrons. The van der Waals surface area contributed by atoms with Crippen molar-refractivity contribution in [3.8, 4) is 0 Å². The minimum atomic E-state index is -0.116. The Kier molecular flexibility index (Phi) is 5.15. The Bertz CT molecular complexity index is 752. The summed E-state index contributed by atoms with van der Waals surface area (Å²) in [5, 5.41) is 10.3. The fraction of sp³-hybridized carbons (Fsp3) is 0.526. The van der Waals surface area contributed by atoms with E-state index in [4.69, 9.17) is 0 Å². The standard InChI is InChI=1S/C19H26N6O/c26-19(23-17-7-8-18-21-14-22-25(18)13-17)20-11-15-5-1-2-6-16(15)12-24-9-3-4-10-24/h1-2,5-6,14,17H,3-4,7-13H2,(H2,20,23,26). The molecule has 2 aliphatic heterocycles. The van der Waals surface area contributed by atoms with Gasteiger partial charge in [-0.3, -0.25) is 4.90 Å². The fourth-order valence-corrected chi connectivity index (χ4v) is 3.83. The normalized spacial score (nSPS) is 19.9. The van der Waals surface area contributed by atoms with Crippen molar-refractivity contribution >= 4 is 6.03 Å².